The number of hydrogen-bond acceptors (Lipinski definition) is 3. The maximum Gasteiger partial charge on any atom is 0.239 e. The Morgan fingerprint density at radius 3 is 3.04 bits per heavy atom. The van der Waals surface area contributed by atoms with Gasteiger partial charge in [0, 0.05) is 38.3 Å². The first-order chi connectivity index (χ1) is 11.2. The van der Waals surface area contributed by atoms with Crippen molar-refractivity contribution in [2.45, 2.75) is 32.1 Å². The molecule has 0 atom stereocenters. The number of rotatable bonds is 5. The molecule has 122 valence electrons. The third-order valence-electron chi connectivity index (χ3n) is 4.12. The summed E-state index contributed by atoms with van der Waals surface area (Å²) in [5, 5.41) is 2.88. The van der Waals surface area contributed by atoms with Gasteiger partial charge in [-0.05, 0) is 25.0 Å². The minimum absolute atomic E-state index is 0.0935. The number of nitrogens with zero attached hydrogens (tertiary/aromatic N) is 3. The molecule has 1 aliphatic heterocycles. The first-order valence-electron chi connectivity index (χ1n) is 8.19. The van der Waals surface area contributed by atoms with E-state index < -0.39 is 0 Å². The third-order valence-corrected chi connectivity index (χ3v) is 4.12. The highest BCUT2D eigenvalue weighted by Crippen LogP contribution is 2.10. The van der Waals surface area contributed by atoms with E-state index in [2.05, 4.69) is 10.3 Å². The predicted octanol–water partition coefficient (Wildman–Crippen LogP) is 1.40. The van der Waals surface area contributed by atoms with Crippen LogP contribution >= 0.6 is 0 Å². The third kappa shape index (κ3) is 4.09. The number of imidazole rings is 1. The number of aromatic nitrogens is 2. The molecule has 1 saturated heterocycles. The van der Waals surface area contributed by atoms with Crippen LogP contribution in [-0.2, 0) is 16.0 Å². The molecule has 0 aromatic carbocycles. The molecule has 0 spiro atoms. The number of hydrogen-bond donors (Lipinski definition) is 1. The molecule has 0 saturated carbocycles. The van der Waals surface area contributed by atoms with Gasteiger partial charge in [0.2, 0.25) is 11.8 Å². The van der Waals surface area contributed by atoms with Crippen molar-refractivity contribution in [2.75, 3.05) is 19.6 Å². The molecule has 2 aromatic heterocycles. The Kier molecular flexibility index (Phi) is 4.90. The average molecular weight is 314 g/mol. The van der Waals surface area contributed by atoms with Gasteiger partial charge in [-0.25, -0.2) is 4.98 Å². The van der Waals surface area contributed by atoms with Crippen molar-refractivity contribution in [1.82, 2.24) is 19.6 Å². The average Bonchev–Trinajstić information content (AvgIpc) is 2.85. The number of likely N-dealkylation sites (tertiary alicyclic amines) is 1. The Bertz CT molecular complexity index is 662. The van der Waals surface area contributed by atoms with Gasteiger partial charge in [0.25, 0.3) is 0 Å². The molecule has 0 radical (unpaired) electrons. The second-order valence-electron chi connectivity index (χ2n) is 5.92. The van der Waals surface area contributed by atoms with Crippen molar-refractivity contribution in [3.63, 3.8) is 0 Å². The first-order valence-corrected chi connectivity index (χ1v) is 8.19. The van der Waals surface area contributed by atoms with Crippen molar-refractivity contribution in [3.05, 3.63) is 36.3 Å². The SMILES string of the molecule is O=C(CN1CCCCCC1=O)NCCc1cn2ccccc2n1. The van der Waals surface area contributed by atoms with Crippen LogP contribution < -0.4 is 5.32 Å². The van der Waals surface area contributed by atoms with Gasteiger partial charge in [-0.2, -0.15) is 0 Å². The van der Waals surface area contributed by atoms with Crippen molar-refractivity contribution in [1.29, 1.82) is 0 Å². The fourth-order valence-corrected chi connectivity index (χ4v) is 2.87. The molecule has 2 amide bonds. The zero-order chi connectivity index (χ0) is 16.1. The van der Waals surface area contributed by atoms with Crippen LogP contribution in [0.25, 0.3) is 5.65 Å². The van der Waals surface area contributed by atoms with Crippen LogP contribution in [0.1, 0.15) is 31.4 Å². The summed E-state index contributed by atoms with van der Waals surface area (Å²) < 4.78 is 1.97. The van der Waals surface area contributed by atoms with Gasteiger partial charge in [0.1, 0.15) is 5.65 Å². The molecule has 0 unspecified atom stereocenters. The van der Waals surface area contributed by atoms with Crippen molar-refractivity contribution in [3.8, 4) is 0 Å². The lowest BCUT2D eigenvalue weighted by Crippen LogP contribution is -2.41. The predicted molar refractivity (Wildman–Crippen MR) is 87.0 cm³/mol. The molecule has 1 aliphatic rings. The summed E-state index contributed by atoms with van der Waals surface area (Å²) in [5.41, 5.74) is 1.85. The molecule has 3 heterocycles. The number of nitrogens with one attached hydrogen (secondary N) is 1. The molecule has 1 fully saturated rings. The van der Waals surface area contributed by atoms with Crippen LogP contribution in [0, 0.1) is 0 Å². The Morgan fingerprint density at radius 1 is 1.26 bits per heavy atom. The van der Waals surface area contributed by atoms with Crippen molar-refractivity contribution in [2.24, 2.45) is 0 Å². The summed E-state index contributed by atoms with van der Waals surface area (Å²) in [6.07, 6.45) is 8.16. The van der Waals surface area contributed by atoms with Gasteiger partial charge >= 0.3 is 0 Å². The molecule has 6 nitrogen and oxygen atoms in total. The van der Waals surface area contributed by atoms with Crippen LogP contribution in [-0.4, -0.2) is 45.7 Å². The summed E-state index contributed by atoms with van der Waals surface area (Å²) in [7, 11) is 0. The summed E-state index contributed by atoms with van der Waals surface area (Å²) in [4.78, 5) is 30.0. The van der Waals surface area contributed by atoms with Crippen LogP contribution in [0.3, 0.4) is 0 Å². The smallest absolute Gasteiger partial charge is 0.239 e. The van der Waals surface area contributed by atoms with Gasteiger partial charge in [-0.1, -0.05) is 12.5 Å². The highest BCUT2D eigenvalue weighted by atomic mass is 16.2. The molecule has 1 N–H and O–H groups in total. The van der Waals surface area contributed by atoms with E-state index in [0.717, 1.165) is 30.6 Å². The Morgan fingerprint density at radius 2 is 2.17 bits per heavy atom. The monoisotopic (exact) mass is 314 g/mol. The van der Waals surface area contributed by atoms with Gasteiger partial charge in [-0.15, -0.1) is 0 Å². The van der Waals surface area contributed by atoms with E-state index in [0.29, 0.717) is 25.9 Å². The minimum atomic E-state index is -0.0935. The number of amides is 2. The number of carbonyl (C=O) groups is 2. The quantitative estimate of drug-likeness (QED) is 0.907. The van der Waals surface area contributed by atoms with Gasteiger partial charge in [0.15, 0.2) is 0 Å². The summed E-state index contributed by atoms with van der Waals surface area (Å²) in [5.74, 6) is 0.00187. The summed E-state index contributed by atoms with van der Waals surface area (Å²) in [6, 6.07) is 5.86. The molecular weight excluding hydrogens is 292 g/mol. The zero-order valence-electron chi connectivity index (χ0n) is 13.2. The molecule has 23 heavy (non-hydrogen) atoms. The van der Waals surface area contributed by atoms with Crippen LogP contribution in [0.4, 0.5) is 0 Å². The normalized spacial score (nSPS) is 15.7. The van der Waals surface area contributed by atoms with Crippen LogP contribution in [0.5, 0.6) is 0 Å². The van der Waals surface area contributed by atoms with Crippen LogP contribution in [0.2, 0.25) is 0 Å². The van der Waals surface area contributed by atoms with Crippen LogP contribution in [0.15, 0.2) is 30.6 Å². The van der Waals surface area contributed by atoms with E-state index in [1.807, 2.05) is 35.0 Å². The van der Waals surface area contributed by atoms with E-state index in [1.165, 1.54) is 0 Å². The molecule has 0 aliphatic carbocycles. The lowest BCUT2D eigenvalue weighted by molar-refractivity contribution is -0.135. The summed E-state index contributed by atoms with van der Waals surface area (Å²) in [6.45, 7) is 1.40. The van der Waals surface area contributed by atoms with Gasteiger partial charge in [0.05, 0.1) is 12.2 Å². The second-order valence-corrected chi connectivity index (χ2v) is 5.92. The Hall–Kier alpha value is -2.37. The van der Waals surface area contributed by atoms with Crippen molar-refractivity contribution >= 4 is 17.5 Å². The topological polar surface area (TPSA) is 66.7 Å². The number of pyridine rings is 1. The maximum atomic E-state index is 12.0. The van der Waals surface area contributed by atoms with E-state index >= 15 is 0 Å². The van der Waals surface area contributed by atoms with Gasteiger partial charge in [-0.3, -0.25) is 9.59 Å². The molecule has 0 bridgehead atoms. The minimum Gasteiger partial charge on any atom is -0.354 e. The van der Waals surface area contributed by atoms with E-state index in [4.69, 9.17) is 0 Å². The second kappa shape index (κ2) is 7.26. The maximum absolute atomic E-state index is 12.0. The fraction of sp³-hybridized carbons (Fsp3) is 0.471. The molecule has 3 rings (SSSR count). The number of carbonyl (C=O) groups excluding carboxylic acids is 2. The molecule has 6 heteroatoms. The number of fused-ring (bicyclic) bond motifs is 1. The fourth-order valence-electron chi connectivity index (χ4n) is 2.87. The highest BCUT2D eigenvalue weighted by Gasteiger charge is 2.18. The lowest BCUT2D eigenvalue weighted by Gasteiger charge is -2.19. The largest absolute Gasteiger partial charge is 0.354 e. The van der Waals surface area contributed by atoms with E-state index in [9.17, 15) is 9.59 Å². The van der Waals surface area contributed by atoms with E-state index in [-0.39, 0.29) is 18.4 Å². The Balaban J connectivity index is 1.46. The standard InChI is InChI=1S/C17H22N4O2/c22-16(13-21-11-4-1-2-7-17(21)23)18-9-8-14-12-20-10-5-3-6-15(20)19-14/h3,5-6,10,12H,1-2,4,7-9,11,13H2,(H,18,22). The Labute approximate surface area is 135 Å². The van der Waals surface area contributed by atoms with E-state index in [1.54, 1.807) is 4.90 Å². The molecular formula is C17H22N4O2. The summed E-state index contributed by atoms with van der Waals surface area (Å²) >= 11 is 0. The van der Waals surface area contributed by atoms with Gasteiger partial charge < -0.3 is 14.6 Å². The highest BCUT2D eigenvalue weighted by molar-refractivity contribution is 5.84. The first kappa shape index (κ1) is 15.5. The molecule has 2 aromatic rings. The van der Waals surface area contributed by atoms with Crippen molar-refractivity contribution < 1.29 is 9.59 Å². The lowest BCUT2D eigenvalue weighted by atomic mass is 10.2. The zero-order valence-corrected chi connectivity index (χ0v) is 13.2.